The lowest BCUT2D eigenvalue weighted by atomic mass is 9.64. The Morgan fingerprint density at radius 2 is 1.71 bits per heavy atom. The molecule has 0 bridgehead atoms. The van der Waals surface area contributed by atoms with Gasteiger partial charge in [-0.15, -0.1) is 0 Å². The minimum atomic E-state index is -0.475. The highest BCUT2D eigenvalue weighted by Gasteiger charge is 2.48. The molecule has 1 aromatic heterocycles. The minimum Gasteiger partial charge on any atom is -0.457 e. The molecular weight excluding hydrogens is 504 g/mol. The Bertz CT molecular complexity index is 1260. The first-order chi connectivity index (χ1) is 18.4. The summed E-state index contributed by atoms with van der Waals surface area (Å²) in [5.74, 6) is 1.13. The van der Waals surface area contributed by atoms with E-state index in [1.165, 1.54) is 6.20 Å². The molecule has 5 rings (SSSR count). The molecule has 3 heterocycles. The van der Waals surface area contributed by atoms with E-state index >= 15 is 0 Å². The fourth-order valence-corrected chi connectivity index (χ4v) is 5.65. The highest BCUT2D eigenvalue weighted by Crippen LogP contribution is 2.45. The normalized spacial score (nSPS) is 19.2. The smallest absolute Gasteiger partial charge is 0.415 e. The molecule has 2 aromatic carbocycles. The monoisotopic (exact) mass is 534 g/mol. The maximum atomic E-state index is 12.7. The lowest BCUT2D eigenvalue weighted by molar-refractivity contribution is -0.131. The number of hydrogen-bond acceptors (Lipinski definition) is 6. The first-order valence-corrected chi connectivity index (χ1v) is 13.2. The van der Waals surface area contributed by atoms with Crippen LogP contribution in [0, 0.1) is 11.3 Å². The summed E-state index contributed by atoms with van der Waals surface area (Å²) in [6, 6.07) is 18.8. The molecule has 3 aromatic rings. The van der Waals surface area contributed by atoms with Crippen molar-refractivity contribution < 1.29 is 19.1 Å². The van der Waals surface area contributed by atoms with Gasteiger partial charge in [0.05, 0.1) is 12.1 Å². The van der Waals surface area contributed by atoms with Crippen LogP contribution in [0.4, 0.5) is 4.79 Å². The van der Waals surface area contributed by atoms with E-state index in [0.717, 1.165) is 56.0 Å². The Labute approximate surface area is 227 Å². The van der Waals surface area contributed by atoms with E-state index in [1.807, 2.05) is 24.3 Å². The topological polar surface area (TPSA) is 98.0 Å². The molecule has 2 fully saturated rings. The number of ether oxygens (including phenoxy) is 2. The number of aromatic nitrogens is 1. The maximum Gasteiger partial charge on any atom is 0.415 e. The predicted octanol–water partition coefficient (Wildman–Crippen LogP) is 5.12. The molecule has 1 atom stereocenters. The molecule has 1 unspecified atom stereocenters. The van der Waals surface area contributed by atoms with E-state index in [-0.39, 0.29) is 17.9 Å². The van der Waals surface area contributed by atoms with Crippen molar-refractivity contribution in [3.05, 3.63) is 83.6 Å². The number of benzene rings is 2. The number of amides is 2. The quantitative estimate of drug-likeness (QED) is 0.471. The second-order valence-corrected chi connectivity index (χ2v) is 10.5. The number of hydrogen-bond donors (Lipinski definition) is 1. The van der Waals surface area contributed by atoms with E-state index in [2.05, 4.69) is 22.0 Å². The number of halogens is 1. The molecule has 9 heteroatoms. The van der Waals surface area contributed by atoms with Crippen LogP contribution in [0.1, 0.15) is 24.8 Å². The molecule has 1 spiro atoms. The predicted molar refractivity (Wildman–Crippen MR) is 144 cm³/mol. The Morgan fingerprint density at radius 1 is 0.974 bits per heavy atom. The van der Waals surface area contributed by atoms with Crippen molar-refractivity contribution in [1.29, 1.82) is 0 Å². The van der Waals surface area contributed by atoms with E-state index in [1.54, 1.807) is 35.4 Å². The van der Waals surface area contributed by atoms with E-state index < -0.39 is 12.0 Å². The third kappa shape index (κ3) is 6.09. The SMILES string of the molecule is NC(=O)C1CN(C(=O)Oc2cccnc2)CCC12CCN(Cc1cccc(Oc3ccc(Cl)cc3)c1)CC2. The summed E-state index contributed by atoms with van der Waals surface area (Å²) in [6.45, 7) is 3.31. The molecule has 0 saturated carbocycles. The molecule has 2 saturated heterocycles. The number of carbonyl (C=O) groups is 2. The van der Waals surface area contributed by atoms with Crippen molar-refractivity contribution in [2.45, 2.75) is 25.8 Å². The molecule has 198 valence electrons. The number of carbonyl (C=O) groups excluding carboxylic acids is 2. The number of rotatable bonds is 6. The standard InChI is InChI=1S/C29H31ClN4O4/c30-22-6-8-23(9-7-22)37-24-4-1-3-21(17-24)19-33-14-10-29(11-15-33)12-16-34(20-26(29)27(31)35)28(36)38-25-5-2-13-32-18-25/h1-9,13,17-18,26H,10-12,14-16,19-20H2,(H2,31,35). The Balaban J connectivity index is 1.18. The molecule has 2 aliphatic heterocycles. The summed E-state index contributed by atoms with van der Waals surface area (Å²) in [4.78, 5) is 33.2. The number of nitrogens with zero attached hydrogens (tertiary/aromatic N) is 3. The highest BCUT2D eigenvalue weighted by molar-refractivity contribution is 6.30. The number of primary amides is 1. The van der Waals surface area contributed by atoms with Gasteiger partial charge in [0.25, 0.3) is 0 Å². The van der Waals surface area contributed by atoms with E-state index in [4.69, 9.17) is 26.8 Å². The fourth-order valence-electron chi connectivity index (χ4n) is 5.53. The third-order valence-corrected chi connectivity index (χ3v) is 7.92. The zero-order valence-electron chi connectivity index (χ0n) is 21.1. The van der Waals surface area contributed by atoms with Crippen LogP contribution < -0.4 is 15.2 Å². The second-order valence-electron chi connectivity index (χ2n) is 10.0. The maximum absolute atomic E-state index is 12.7. The largest absolute Gasteiger partial charge is 0.457 e. The molecule has 2 amide bonds. The van der Waals surface area contributed by atoms with Gasteiger partial charge in [-0.05, 0) is 91.9 Å². The zero-order chi connectivity index (χ0) is 26.5. The first kappa shape index (κ1) is 26.0. The zero-order valence-corrected chi connectivity index (χ0v) is 21.8. The van der Waals surface area contributed by atoms with Gasteiger partial charge < -0.3 is 20.1 Å². The Kier molecular flexibility index (Phi) is 7.81. The number of nitrogens with two attached hydrogens (primary N) is 1. The molecule has 8 nitrogen and oxygen atoms in total. The van der Waals surface area contributed by atoms with Crippen LogP contribution in [0.2, 0.25) is 5.02 Å². The van der Waals surface area contributed by atoms with Crippen molar-refractivity contribution >= 4 is 23.6 Å². The summed E-state index contributed by atoms with van der Waals surface area (Å²) >= 11 is 5.97. The van der Waals surface area contributed by atoms with Crippen LogP contribution in [-0.4, -0.2) is 53.0 Å². The van der Waals surface area contributed by atoms with E-state index in [9.17, 15) is 9.59 Å². The summed E-state index contributed by atoms with van der Waals surface area (Å²) in [5, 5.41) is 0.669. The lowest BCUT2D eigenvalue weighted by Crippen LogP contribution is -2.57. The van der Waals surface area contributed by atoms with Gasteiger partial charge in [-0.1, -0.05) is 23.7 Å². The van der Waals surface area contributed by atoms with Crippen molar-refractivity contribution in [3.8, 4) is 17.2 Å². The summed E-state index contributed by atoms with van der Waals surface area (Å²) in [5.41, 5.74) is 6.83. The summed E-state index contributed by atoms with van der Waals surface area (Å²) < 4.78 is 11.4. The van der Waals surface area contributed by atoms with Crippen molar-refractivity contribution in [3.63, 3.8) is 0 Å². The van der Waals surface area contributed by atoms with Gasteiger partial charge in [0.2, 0.25) is 5.91 Å². The minimum absolute atomic E-state index is 0.201. The van der Waals surface area contributed by atoms with Gasteiger partial charge in [-0.2, -0.15) is 0 Å². The average molecular weight is 535 g/mol. The van der Waals surface area contributed by atoms with Gasteiger partial charge in [0, 0.05) is 30.9 Å². The van der Waals surface area contributed by atoms with E-state index in [0.29, 0.717) is 17.3 Å². The molecule has 0 aliphatic carbocycles. The molecule has 2 N–H and O–H groups in total. The van der Waals surface area contributed by atoms with Crippen molar-refractivity contribution in [1.82, 2.24) is 14.8 Å². The molecule has 38 heavy (non-hydrogen) atoms. The number of pyridine rings is 1. The van der Waals surface area contributed by atoms with Gasteiger partial charge in [-0.3, -0.25) is 14.7 Å². The van der Waals surface area contributed by atoms with Crippen molar-refractivity contribution in [2.75, 3.05) is 26.2 Å². The summed E-state index contributed by atoms with van der Waals surface area (Å²) in [6.07, 6.45) is 5.06. The van der Waals surface area contributed by atoms with Crippen LogP contribution in [0.3, 0.4) is 0 Å². The highest BCUT2D eigenvalue weighted by atomic mass is 35.5. The summed E-state index contributed by atoms with van der Waals surface area (Å²) in [7, 11) is 0. The van der Waals surface area contributed by atoms with Crippen LogP contribution in [0.25, 0.3) is 0 Å². The number of piperidine rings is 2. The lowest BCUT2D eigenvalue weighted by Gasteiger charge is -2.50. The molecule has 2 aliphatic rings. The van der Waals surface area contributed by atoms with Gasteiger partial charge in [0.1, 0.15) is 11.5 Å². The van der Waals surface area contributed by atoms with Gasteiger partial charge >= 0.3 is 6.09 Å². The van der Waals surface area contributed by atoms with Crippen LogP contribution in [-0.2, 0) is 11.3 Å². The van der Waals surface area contributed by atoms with Crippen LogP contribution in [0.15, 0.2) is 73.1 Å². The van der Waals surface area contributed by atoms with Crippen LogP contribution in [0.5, 0.6) is 17.2 Å². The van der Waals surface area contributed by atoms with Gasteiger partial charge in [-0.25, -0.2) is 4.79 Å². The van der Waals surface area contributed by atoms with Gasteiger partial charge in [0.15, 0.2) is 5.75 Å². The third-order valence-electron chi connectivity index (χ3n) is 7.67. The molecule has 0 radical (unpaired) electrons. The fraction of sp³-hybridized carbons (Fsp3) is 0.345. The van der Waals surface area contributed by atoms with Crippen molar-refractivity contribution in [2.24, 2.45) is 17.1 Å². The molecular formula is C29H31ClN4O4. The first-order valence-electron chi connectivity index (χ1n) is 12.8. The number of likely N-dealkylation sites (tertiary alicyclic amines) is 2. The second kappa shape index (κ2) is 11.4. The Hall–Kier alpha value is -3.62. The average Bonchev–Trinajstić information content (AvgIpc) is 2.92. The van der Waals surface area contributed by atoms with Crippen LogP contribution >= 0.6 is 11.6 Å². The Morgan fingerprint density at radius 3 is 2.42 bits per heavy atom.